The molecule has 0 spiro atoms. The SMILES string of the molecule is COCCn1cc(CNC(=O)CCl)cn1. The van der Waals surface area contributed by atoms with E-state index in [0.717, 1.165) is 5.56 Å². The van der Waals surface area contributed by atoms with Crippen LogP contribution in [0.25, 0.3) is 0 Å². The first-order valence-corrected chi connectivity index (χ1v) is 5.12. The van der Waals surface area contributed by atoms with Crippen molar-refractivity contribution >= 4 is 17.5 Å². The molecule has 0 saturated heterocycles. The number of amides is 1. The Hall–Kier alpha value is -1.07. The van der Waals surface area contributed by atoms with Gasteiger partial charge in [-0.25, -0.2) is 0 Å². The molecule has 0 saturated carbocycles. The number of halogens is 1. The third-order valence-corrected chi connectivity index (χ3v) is 2.07. The zero-order valence-corrected chi connectivity index (χ0v) is 9.33. The van der Waals surface area contributed by atoms with Crippen LogP contribution in [0.1, 0.15) is 5.56 Å². The standard InChI is InChI=1S/C9H14ClN3O2/c1-15-3-2-13-7-8(6-12-13)5-11-9(14)4-10/h6-7H,2-5H2,1H3,(H,11,14). The summed E-state index contributed by atoms with van der Waals surface area (Å²) in [5.41, 5.74) is 0.949. The van der Waals surface area contributed by atoms with E-state index in [4.69, 9.17) is 16.3 Å². The third-order valence-electron chi connectivity index (χ3n) is 1.82. The average molecular weight is 232 g/mol. The van der Waals surface area contributed by atoms with Gasteiger partial charge in [0.25, 0.3) is 0 Å². The Morgan fingerprint density at radius 2 is 2.53 bits per heavy atom. The summed E-state index contributed by atoms with van der Waals surface area (Å²) >= 11 is 5.34. The molecule has 0 aliphatic rings. The normalized spacial score (nSPS) is 10.3. The molecule has 0 unspecified atom stereocenters. The molecule has 1 aromatic heterocycles. The summed E-state index contributed by atoms with van der Waals surface area (Å²) in [4.78, 5) is 10.9. The van der Waals surface area contributed by atoms with Crippen LogP contribution in [0, 0.1) is 0 Å². The van der Waals surface area contributed by atoms with Crippen LogP contribution in [-0.4, -0.2) is 35.3 Å². The highest BCUT2D eigenvalue weighted by atomic mass is 35.5. The predicted octanol–water partition coefficient (Wildman–Crippen LogP) is 0.384. The van der Waals surface area contributed by atoms with Gasteiger partial charge >= 0.3 is 0 Å². The van der Waals surface area contributed by atoms with E-state index < -0.39 is 0 Å². The number of rotatable bonds is 6. The highest BCUT2D eigenvalue weighted by Gasteiger charge is 2.01. The van der Waals surface area contributed by atoms with Crippen molar-refractivity contribution in [3.63, 3.8) is 0 Å². The molecule has 1 aromatic rings. The number of hydrogen-bond acceptors (Lipinski definition) is 3. The minimum absolute atomic E-state index is 0.0161. The van der Waals surface area contributed by atoms with E-state index in [-0.39, 0.29) is 11.8 Å². The van der Waals surface area contributed by atoms with Crippen molar-refractivity contribution in [3.8, 4) is 0 Å². The van der Waals surface area contributed by atoms with Crippen molar-refractivity contribution in [2.75, 3.05) is 19.6 Å². The summed E-state index contributed by atoms with van der Waals surface area (Å²) < 4.78 is 6.69. The van der Waals surface area contributed by atoms with E-state index in [1.165, 1.54) is 0 Å². The molecule has 84 valence electrons. The van der Waals surface area contributed by atoms with Crippen molar-refractivity contribution in [1.82, 2.24) is 15.1 Å². The monoisotopic (exact) mass is 231 g/mol. The first-order chi connectivity index (χ1) is 7.26. The lowest BCUT2D eigenvalue weighted by molar-refractivity contribution is -0.118. The fourth-order valence-corrected chi connectivity index (χ4v) is 1.15. The van der Waals surface area contributed by atoms with Gasteiger partial charge in [-0.05, 0) is 0 Å². The topological polar surface area (TPSA) is 56.1 Å². The van der Waals surface area contributed by atoms with E-state index in [0.29, 0.717) is 19.7 Å². The molecule has 1 N–H and O–H groups in total. The molecule has 5 nitrogen and oxygen atoms in total. The van der Waals surface area contributed by atoms with E-state index >= 15 is 0 Å². The van der Waals surface area contributed by atoms with Crippen molar-refractivity contribution in [3.05, 3.63) is 18.0 Å². The van der Waals surface area contributed by atoms with Gasteiger partial charge < -0.3 is 10.1 Å². The Morgan fingerprint density at radius 1 is 1.73 bits per heavy atom. The summed E-state index contributed by atoms with van der Waals surface area (Å²) in [7, 11) is 1.64. The molecule has 1 heterocycles. The molecule has 0 bridgehead atoms. The van der Waals surface area contributed by atoms with E-state index in [2.05, 4.69) is 10.4 Å². The van der Waals surface area contributed by atoms with Gasteiger partial charge in [0.15, 0.2) is 0 Å². The predicted molar refractivity (Wildman–Crippen MR) is 56.7 cm³/mol. The van der Waals surface area contributed by atoms with Crippen molar-refractivity contribution in [2.24, 2.45) is 0 Å². The average Bonchev–Trinajstić information content (AvgIpc) is 2.71. The number of nitrogens with zero attached hydrogens (tertiary/aromatic N) is 2. The Balaban J connectivity index is 2.35. The second kappa shape index (κ2) is 6.42. The van der Waals surface area contributed by atoms with Crippen LogP contribution in [0.4, 0.5) is 0 Å². The minimum Gasteiger partial charge on any atom is -0.383 e. The van der Waals surface area contributed by atoms with E-state index in [1.807, 2.05) is 6.20 Å². The molecule has 0 fully saturated rings. The van der Waals surface area contributed by atoms with Crippen LogP contribution in [0.2, 0.25) is 0 Å². The third kappa shape index (κ3) is 4.31. The van der Waals surface area contributed by atoms with Crippen LogP contribution in [0.5, 0.6) is 0 Å². The first kappa shape index (κ1) is 12.0. The van der Waals surface area contributed by atoms with Gasteiger partial charge in [-0.1, -0.05) is 0 Å². The molecule has 1 rings (SSSR count). The zero-order chi connectivity index (χ0) is 11.1. The van der Waals surface area contributed by atoms with Gasteiger partial charge in [0.05, 0.1) is 19.3 Å². The number of ether oxygens (including phenoxy) is 1. The quantitative estimate of drug-likeness (QED) is 0.721. The molecular formula is C9H14ClN3O2. The van der Waals surface area contributed by atoms with Crippen LogP contribution in [0.15, 0.2) is 12.4 Å². The summed E-state index contributed by atoms with van der Waals surface area (Å²) in [6, 6.07) is 0. The number of carbonyl (C=O) groups excluding carboxylic acids is 1. The Labute approximate surface area is 93.4 Å². The van der Waals surface area contributed by atoms with Gasteiger partial charge in [0, 0.05) is 25.4 Å². The molecule has 0 aromatic carbocycles. The summed E-state index contributed by atoms with van der Waals surface area (Å²) in [6.45, 7) is 1.79. The maximum Gasteiger partial charge on any atom is 0.235 e. The summed E-state index contributed by atoms with van der Waals surface area (Å²) in [6.07, 6.45) is 3.58. The van der Waals surface area contributed by atoms with Crippen LogP contribution in [-0.2, 0) is 22.6 Å². The van der Waals surface area contributed by atoms with Crippen LogP contribution >= 0.6 is 11.6 Å². The summed E-state index contributed by atoms with van der Waals surface area (Å²) in [5, 5.41) is 6.77. The van der Waals surface area contributed by atoms with Crippen LogP contribution < -0.4 is 5.32 Å². The van der Waals surface area contributed by atoms with Crippen molar-refractivity contribution in [1.29, 1.82) is 0 Å². The van der Waals surface area contributed by atoms with Gasteiger partial charge in [0.1, 0.15) is 5.88 Å². The maximum absolute atomic E-state index is 10.9. The fraction of sp³-hybridized carbons (Fsp3) is 0.556. The number of methoxy groups -OCH3 is 1. The van der Waals surface area contributed by atoms with Crippen molar-refractivity contribution in [2.45, 2.75) is 13.1 Å². The van der Waals surface area contributed by atoms with Gasteiger partial charge in [-0.3, -0.25) is 9.48 Å². The first-order valence-electron chi connectivity index (χ1n) is 4.59. The maximum atomic E-state index is 10.9. The molecule has 0 atom stereocenters. The number of nitrogens with one attached hydrogen (secondary N) is 1. The Morgan fingerprint density at radius 3 is 3.20 bits per heavy atom. The van der Waals surface area contributed by atoms with E-state index in [1.54, 1.807) is 18.0 Å². The lowest BCUT2D eigenvalue weighted by Gasteiger charge is -2.00. The smallest absolute Gasteiger partial charge is 0.235 e. The Kier molecular flexibility index (Phi) is 5.14. The lowest BCUT2D eigenvalue weighted by atomic mass is 10.3. The van der Waals surface area contributed by atoms with E-state index in [9.17, 15) is 4.79 Å². The molecule has 15 heavy (non-hydrogen) atoms. The molecular weight excluding hydrogens is 218 g/mol. The molecule has 1 amide bonds. The number of carbonyl (C=O) groups is 1. The Bertz CT molecular complexity index is 314. The lowest BCUT2D eigenvalue weighted by Crippen LogP contribution is -2.23. The molecule has 0 aliphatic heterocycles. The summed E-state index contributed by atoms with van der Waals surface area (Å²) in [5.74, 6) is -0.195. The molecule has 0 aliphatic carbocycles. The number of hydrogen-bond donors (Lipinski definition) is 1. The van der Waals surface area contributed by atoms with Gasteiger partial charge in [-0.15, -0.1) is 11.6 Å². The highest BCUT2D eigenvalue weighted by molar-refractivity contribution is 6.27. The number of alkyl halides is 1. The second-order valence-corrected chi connectivity index (χ2v) is 3.28. The largest absolute Gasteiger partial charge is 0.383 e. The second-order valence-electron chi connectivity index (χ2n) is 3.01. The van der Waals surface area contributed by atoms with Crippen molar-refractivity contribution < 1.29 is 9.53 Å². The molecule has 6 heteroatoms. The minimum atomic E-state index is -0.179. The number of aromatic nitrogens is 2. The zero-order valence-electron chi connectivity index (χ0n) is 8.57. The van der Waals surface area contributed by atoms with Crippen LogP contribution in [0.3, 0.4) is 0 Å². The molecule has 0 radical (unpaired) electrons. The van der Waals surface area contributed by atoms with Gasteiger partial charge in [0.2, 0.25) is 5.91 Å². The fourth-order valence-electron chi connectivity index (χ4n) is 1.05. The van der Waals surface area contributed by atoms with Gasteiger partial charge in [-0.2, -0.15) is 5.10 Å². The highest BCUT2D eigenvalue weighted by Crippen LogP contribution is 1.97.